The molecule has 8 nitrogen and oxygen atoms in total. The van der Waals surface area contributed by atoms with E-state index in [1.54, 1.807) is 0 Å². The van der Waals surface area contributed by atoms with E-state index in [4.69, 9.17) is 4.74 Å². The van der Waals surface area contributed by atoms with Gasteiger partial charge in [0.1, 0.15) is 5.75 Å². The van der Waals surface area contributed by atoms with Crippen LogP contribution in [0.15, 0.2) is 42.5 Å². The van der Waals surface area contributed by atoms with Crippen LogP contribution in [-0.4, -0.2) is 30.0 Å². The molecule has 2 aromatic rings. The van der Waals surface area contributed by atoms with Gasteiger partial charge in [-0.3, -0.25) is 14.9 Å². The molecule has 27 heavy (non-hydrogen) atoms. The van der Waals surface area contributed by atoms with Gasteiger partial charge in [-0.05, 0) is 37.3 Å². The van der Waals surface area contributed by atoms with Crippen molar-refractivity contribution in [3.63, 3.8) is 0 Å². The van der Waals surface area contributed by atoms with Gasteiger partial charge in [0.2, 0.25) is 0 Å². The summed E-state index contributed by atoms with van der Waals surface area (Å²) in [6.07, 6.45) is 0. The molecule has 0 unspecified atom stereocenters. The van der Waals surface area contributed by atoms with E-state index in [1.165, 1.54) is 49.4 Å². The van der Waals surface area contributed by atoms with E-state index in [2.05, 4.69) is 10.1 Å². The Bertz CT molecular complexity index is 855. The molecule has 0 aliphatic heterocycles. The van der Waals surface area contributed by atoms with Crippen LogP contribution in [0.4, 0.5) is 20.2 Å². The Labute approximate surface area is 151 Å². The molecular weight excluding hydrogens is 366 g/mol. The number of benzene rings is 2. The molecular formula is C17H14F2N2O6. The summed E-state index contributed by atoms with van der Waals surface area (Å²) < 4.78 is 33.2. The fourth-order valence-corrected chi connectivity index (χ4v) is 2.17. The fourth-order valence-electron chi connectivity index (χ4n) is 2.17. The molecule has 0 aliphatic carbocycles. The Balaban J connectivity index is 1.93. The van der Waals surface area contributed by atoms with Crippen LogP contribution in [0.25, 0.3) is 0 Å². The molecule has 0 saturated carbocycles. The summed E-state index contributed by atoms with van der Waals surface area (Å²) in [4.78, 5) is 34.1. The predicted molar refractivity (Wildman–Crippen MR) is 89.8 cm³/mol. The number of hydrogen-bond acceptors (Lipinski definition) is 6. The number of amides is 1. The van der Waals surface area contributed by atoms with Gasteiger partial charge < -0.3 is 14.8 Å². The van der Waals surface area contributed by atoms with Gasteiger partial charge in [0.15, 0.2) is 6.61 Å². The third-order valence-electron chi connectivity index (χ3n) is 3.42. The highest BCUT2D eigenvalue weighted by Crippen LogP contribution is 2.22. The lowest BCUT2D eigenvalue weighted by molar-refractivity contribution is -0.385. The molecule has 1 N–H and O–H groups in total. The summed E-state index contributed by atoms with van der Waals surface area (Å²) in [7, 11) is 0. The number of nitrogens with zero attached hydrogens (tertiary/aromatic N) is 1. The second-order valence-electron chi connectivity index (χ2n) is 5.23. The van der Waals surface area contributed by atoms with Crippen LogP contribution in [0.5, 0.6) is 5.75 Å². The van der Waals surface area contributed by atoms with Crippen LogP contribution < -0.4 is 10.1 Å². The number of halogens is 2. The molecule has 142 valence electrons. The lowest BCUT2D eigenvalue weighted by Gasteiger charge is -2.09. The maximum absolute atomic E-state index is 12.1. The van der Waals surface area contributed by atoms with Crippen LogP contribution >= 0.6 is 0 Å². The molecule has 0 spiro atoms. The number of esters is 1. The Hall–Kier alpha value is -3.56. The smallest absolute Gasteiger partial charge is 0.387 e. The summed E-state index contributed by atoms with van der Waals surface area (Å²) in [5, 5.41) is 13.3. The second kappa shape index (κ2) is 8.70. The van der Waals surface area contributed by atoms with E-state index < -0.39 is 30.0 Å². The first-order valence-corrected chi connectivity index (χ1v) is 7.54. The zero-order valence-corrected chi connectivity index (χ0v) is 14.0. The molecule has 1 amide bonds. The molecule has 0 aliphatic rings. The number of carbonyl (C=O) groups excluding carboxylic acids is 2. The highest BCUT2D eigenvalue weighted by atomic mass is 19.3. The highest BCUT2D eigenvalue weighted by Gasteiger charge is 2.19. The lowest BCUT2D eigenvalue weighted by atomic mass is 10.1. The van der Waals surface area contributed by atoms with Gasteiger partial charge in [-0.1, -0.05) is 6.07 Å². The third-order valence-corrected chi connectivity index (χ3v) is 3.42. The van der Waals surface area contributed by atoms with Gasteiger partial charge in [-0.25, -0.2) is 4.79 Å². The number of nitro benzene ring substituents is 1. The summed E-state index contributed by atoms with van der Waals surface area (Å²) in [6, 6.07) is 9.08. The largest absolute Gasteiger partial charge is 0.452 e. The van der Waals surface area contributed by atoms with Gasteiger partial charge >= 0.3 is 12.6 Å². The molecule has 10 heteroatoms. The average molecular weight is 380 g/mol. The van der Waals surface area contributed by atoms with Crippen molar-refractivity contribution in [2.24, 2.45) is 0 Å². The van der Waals surface area contributed by atoms with Crippen molar-refractivity contribution in [1.82, 2.24) is 0 Å². The Morgan fingerprint density at radius 3 is 2.44 bits per heavy atom. The summed E-state index contributed by atoms with van der Waals surface area (Å²) >= 11 is 0. The molecule has 0 aromatic heterocycles. The maximum atomic E-state index is 12.1. The van der Waals surface area contributed by atoms with Crippen molar-refractivity contribution < 1.29 is 32.8 Å². The zero-order chi connectivity index (χ0) is 20.0. The summed E-state index contributed by atoms with van der Waals surface area (Å²) in [6.45, 7) is -2.18. The minimum atomic E-state index is -2.96. The molecule has 0 fully saturated rings. The second-order valence-corrected chi connectivity index (χ2v) is 5.23. The topological polar surface area (TPSA) is 108 Å². The van der Waals surface area contributed by atoms with Gasteiger partial charge in [-0.15, -0.1) is 0 Å². The number of nitrogens with one attached hydrogen (secondary N) is 1. The van der Waals surface area contributed by atoms with Crippen molar-refractivity contribution in [2.45, 2.75) is 13.5 Å². The number of carbonyl (C=O) groups is 2. The van der Waals surface area contributed by atoms with E-state index in [0.717, 1.165) is 0 Å². The summed E-state index contributed by atoms with van der Waals surface area (Å²) in [5.74, 6) is -1.63. The molecule has 0 radical (unpaired) electrons. The minimum Gasteiger partial charge on any atom is -0.452 e. The molecule has 0 atom stereocenters. The van der Waals surface area contributed by atoms with Crippen LogP contribution in [0.3, 0.4) is 0 Å². The van der Waals surface area contributed by atoms with E-state index in [0.29, 0.717) is 0 Å². The minimum absolute atomic E-state index is 0.0227. The first kappa shape index (κ1) is 19.8. The number of nitro groups is 1. The molecule has 0 saturated heterocycles. The number of rotatable bonds is 7. The number of anilines is 1. The Kier molecular flexibility index (Phi) is 6.36. The lowest BCUT2D eigenvalue weighted by Crippen LogP contribution is -2.21. The van der Waals surface area contributed by atoms with E-state index in [9.17, 15) is 28.5 Å². The normalized spacial score (nSPS) is 10.4. The monoisotopic (exact) mass is 380 g/mol. The van der Waals surface area contributed by atoms with Crippen molar-refractivity contribution in [2.75, 3.05) is 11.9 Å². The quantitative estimate of drug-likeness (QED) is 0.449. The Morgan fingerprint density at radius 2 is 1.85 bits per heavy atom. The van der Waals surface area contributed by atoms with E-state index >= 15 is 0 Å². The zero-order valence-electron chi connectivity index (χ0n) is 14.0. The van der Waals surface area contributed by atoms with Crippen LogP contribution in [-0.2, 0) is 9.53 Å². The predicted octanol–water partition coefficient (Wildman–Crippen LogP) is 3.30. The average Bonchev–Trinajstić information content (AvgIpc) is 2.61. The van der Waals surface area contributed by atoms with Crippen molar-refractivity contribution in [3.05, 3.63) is 63.7 Å². The van der Waals surface area contributed by atoms with Gasteiger partial charge in [0.25, 0.3) is 11.6 Å². The van der Waals surface area contributed by atoms with Gasteiger partial charge in [0, 0.05) is 17.3 Å². The molecule has 0 bridgehead atoms. The number of ether oxygens (including phenoxy) is 2. The third kappa shape index (κ3) is 5.46. The van der Waals surface area contributed by atoms with E-state index in [1.807, 2.05) is 0 Å². The molecule has 2 rings (SSSR count). The van der Waals surface area contributed by atoms with Gasteiger partial charge in [-0.2, -0.15) is 8.78 Å². The Morgan fingerprint density at radius 1 is 1.19 bits per heavy atom. The SMILES string of the molecule is Cc1c(C(=O)OCC(=O)Nc2ccc(OC(F)F)cc2)cccc1[N+](=O)[O-]. The summed E-state index contributed by atoms with van der Waals surface area (Å²) in [5.41, 5.74) is 0.150. The van der Waals surface area contributed by atoms with Gasteiger partial charge in [0.05, 0.1) is 10.5 Å². The molecule has 0 heterocycles. The van der Waals surface area contributed by atoms with Crippen LogP contribution in [0, 0.1) is 17.0 Å². The fraction of sp³-hybridized carbons (Fsp3) is 0.176. The standard InChI is InChI=1S/C17H14F2N2O6/c1-10-13(3-2-4-14(10)21(24)25)16(23)26-9-15(22)20-11-5-7-12(8-6-11)27-17(18)19/h2-8,17H,9H2,1H3,(H,20,22). The number of hydrogen-bond donors (Lipinski definition) is 1. The maximum Gasteiger partial charge on any atom is 0.387 e. The first-order valence-electron chi connectivity index (χ1n) is 7.54. The first-order chi connectivity index (χ1) is 12.8. The highest BCUT2D eigenvalue weighted by molar-refractivity contribution is 5.96. The van der Waals surface area contributed by atoms with Crippen LogP contribution in [0.2, 0.25) is 0 Å². The number of alkyl halides is 2. The van der Waals surface area contributed by atoms with Crippen molar-refractivity contribution >= 4 is 23.3 Å². The van der Waals surface area contributed by atoms with Crippen LogP contribution in [0.1, 0.15) is 15.9 Å². The molecule has 2 aromatic carbocycles. The van der Waals surface area contributed by atoms with Crippen molar-refractivity contribution in [1.29, 1.82) is 0 Å². The van der Waals surface area contributed by atoms with Crippen molar-refractivity contribution in [3.8, 4) is 5.75 Å². The van der Waals surface area contributed by atoms with E-state index in [-0.39, 0.29) is 28.3 Å².